The van der Waals surface area contributed by atoms with Crippen molar-refractivity contribution in [1.82, 2.24) is 19.8 Å². The van der Waals surface area contributed by atoms with Gasteiger partial charge in [-0.2, -0.15) is 4.72 Å². The minimum Gasteiger partial charge on any atom is -0.457 e. The number of nitrogens with one attached hydrogen (secondary N) is 3. The molecule has 1 heterocycles. The van der Waals surface area contributed by atoms with Gasteiger partial charge in [-0.05, 0) is 42.8 Å². The highest BCUT2D eigenvalue weighted by atomic mass is 35.5. The highest BCUT2D eigenvalue weighted by molar-refractivity contribution is 7.89. The molecule has 1 aromatic heterocycles. The molecule has 0 radical (unpaired) electrons. The lowest BCUT2D eigenvalue weighted by atomic mass is 10.2. The number of carbonyl (C=O) groups excluding carboxylic acids is 1. The number of sulfonamides is 1. The number of benzene rings is 2. The highest BCUT2D eigenvalue weighted by Gasteiger charge is 2.26. The first-order valence-corrected chi connectivity index (χ1v) is 11.3. The number of hydrogen-bond acceptors (Lipinski definition) is 7. The van der Waals surface area contributed by atoms with Gasteiger partial charge in [0.2, 0.25) is 10.0 Å². The van der Waals surface area contributed by atoms with Gasteiger partial charge in [0.1, 0.15) is 22.7 Å². The summed E-state index contributed by atoms with van der Waals surface area (Å²) < 4.78 is 34.3. The van der Waals surface area contributed by atoms with E-state index in [0.29, 0.717) is 11.5 Å². The van der Waals surface area contributed by atoms with Gasteiger partial charge < -0.3 is 4.74 Å². The summed E-state index contributed by atoms with van der Waals surface area (Å²) in [5.74, 6) is -0.0739. The van der Waals surface area contributed by atoms with Crippen molar-refractivity contribution in [2.45, 2.75) is 23.9 Å². The number of amides is 1. The maximum Gasteiger partial charge on any atom is 0.329 e. The van der Waals surface area contributed by atoms with Gasteiger partial charge in [-0.15, -0.1) is 0 Å². The number of nitrogens with zero attached hydrogens (tertiary/aromatic N) is 1. The van der Waals surface area contributed by atoms with E-state index < -0.39 is 33.2 Å². The molecule has 0 fully saturated rings. The first kappa shape index (κ1) is 24.2. The number of hydroxylamine groups is 1. The van der Waals surface area contributed by atoms with E-state index in [-0.39, 0.29) is 23.0 Å². The van der Waals surface area contributed by atoms with Crippen LogP contribution in [0.5, 0.6) is 11.5 Å². The third kappa shape index (κ3) is 6.29. The molecule has 0 saturated heterocycles. The Morgan fingerprint density at radius 1 is 1.09 bits per heavy atom. The quantitative estimate of drug-likeness (QED) is 0.198. The normalized spacial score (nSPS) is 12.2. The zero-order valence-electron chi connectivity index (χ0n) is 16.9. The van der Waals surface area contributed by atoms with Crippen molar-refractivity contribution < 1.29 is 23.2 Å². The van der Waals surface area contributed by atoms with Crippen LogP contribution in [0.4, 0.5) is 0 Å². The van der Waals surface area contributed by atoms with Crippen LogP contribution in [0, 0.1) is 0 Å². The number of H-pyrrole nitrogens is 1. The molecule has 1 atom stereocenters. The highest BCUT2D eigenvalue weighted by Crippen LogP contribution is 2.22. The summed E-state index contributed by atoms with van der Waals surface area (Å²) in [5.41, 5.74) is -0.143. The Hall–Kier alpha value is -3.45. The van der Waals surface area contributed by atoms with Crippen LogP contribution in [-0.2, 0) is 21.4 Å². The van der Waals surface area contributed by atoms with Crippen molar-refractivity contribution in [3.63, 3.8) is 0 Å². The molecule has 1 amide bonds. The van der Waals surface area contributed by atoms with Crippen LogP contribution in [-0.4, -0.2) is 35.1 Å². The molecule has 0 bridgehead atoms. The first-order valence-electron chi connectivity index (χ1n) is 9.48. The standard InChI is InChI=1S/C20H19ClN4O7S/c21-17-12-18(26)22-20(28)25(17)11-10-16(19(27)23-29)24-33(30,31)15-8-6-14(7-9-15)32-13-4-2-1-3-5-13/h1-9,12,16,24,29H,10-11H2,(H,23,27)(H,22,26,28). The van der Waals surface area contributed by atoms with E-state index in [1.165, 1.54) is 29.7 Å². The average molecular weight is 495 g/mol. The Morgan fingerprint density at radius 3 is 2.33 bits per heavy atom. The van der Waals surface area contributed by atoms with Gasteiger partial charge in [0, 0.05) is 12.6 Å². The molecule has 4 N–H and O–H groups in total. The lowest BCUT2D eigenvalue weighted by Gasteiger charge is -2.18. The lowest BCUT2D eigenvalue weighted by Crippen LogP contribution is -2.46. The van der Waals surface area contributed by atoms with Crippen molar-refractivity contribution in [3.8, 4) is 11.5 Å². The van der Waals surface area contributed by atoms with Gasteiger partial charge in [-0.1, -0.05) is 29.8 Å². The second-order valence-corrected chi connectivity index (χ2v) is 8.84. The molecular formula is C20H19ClN4O7S. The molecule has 33 heavy (non-hydrogen) atoms. The summed E-state index contributed by atoms with van der Waals surface area (Å²) in [6.45, 7) is -0.223. The molecule has 0 saturated carbocycles. The van der Waals surface area contributed by atoms with Gasteiger partial charge >= 0.3 is 5.69 Å². The largest absolute Gasteiger partial charge is 0.457 e. The van der Waals surface area contributed by atoms with E-state index in [0.717, 1.165) is 10.6 Å². The van der Waals surface area contributed by atoms with Crippen molar-refractivity contribution >= 4 is 27.5 Å². The third-order valence-electron chi connectivity index (χ3n) is 4.46. The van der Waals surface area contributed by atoms with Crippen LogP contribution in [0.25, 0.3) is 0 Å². The smallest absolute Gasteiger partial charge is 0.329 e. The molecule has 0 aliphatic heterocycles. The van der Waals surface area contributed by atoms with E-state index in [1.807, 2.05) is 11.1 Å². The van der Waals surface area contributed by atoms with E-state index in [4.69, 9.17) is 21.5 Å². The number of rotatable bonds is 9. The monoisotopic (exact) mass is 494 g/mol. The Bertz CT molecular complexity index is 1340. The zero-order chi connectivity index (χ0) is 24.0. The molecule has 174 valence electrons. The fourth-order valence-corrected chi connectivity index (χ4v) is 4.34. The summed E-state index contributed by atoms with van der Waals surface area (Å²) in [6.07, 6.45) is -0.257. The summed E-state index contributed by atoms with van der Waals surface area (Å²) in [7, 11) is -4.19. The van der Waals surface area contributed by atoms with Crippen molar-refractivity contribution in [3.05, 3.63) is 86.7 Å². The topological polar surface area (TPSA) is 160 Å². The SMILES string of the molecule is O=C(NO)C(CCn1c(Cl)cc(=O)[nH]c1=O)NS(=O)(=O)c1ccc(Oc2ccccc2)cc1. The van der Waals surface area contributed by atoms with Gasteiger partial charge in [0.15, 0.2) is 0 Å². The number of para-hydroxylation sites is 1. The summed E-state index contributed by atoms with van der Waals surface area (Å²) >= 11 is 5.88. The molecule has 0 aliphatic rings. The van der Waals surface area contributed by atoms with Crippen LogP contribution in [0.3, 0.4) is 0 Å². The Kier molecular flexibility index (Phi) is 7.66. The number of aromatic amines is 1. The van der Waals surface area contributed by atoms with E-state index in [1.54, 1.807) is 24.3 Å². The molecular weight excluding hydrogens is 476 g/mol. The molecule has 0 spiro atoms. The first-order chi connectivity index (χ1) is 15.7. The van der Waals surface area contributed by atoms with Gasteiger partial charge in [-0.3, -0.25) is 24.3 Å². The predicted molar refractivity (Wildman–Crippen MR) is 118 cm³/mol. The molecule has 13 heteroatoms. The van der Waals surface area contributed by atoms with Crippen LogP contribution in [0.1, 0.15) is 6.42 Å². The van der Waals surface area contributed by atoms with Gasteiger partial charge in [-0.25, -0.2) is 18.7 Å². The minimum absolute atomic E-state index is 0.155. The molecule has 3 rings (SSSR count). The van der Waals surface area contributed by atoms with E-state index >= 15 is 0 Å². The Morgan fingerprint density at radius 2 is 1.73 bits per heavy atom. The summed E-state index contributed by atoms with van der Waals surface area (Å²) in [4.78, 5) is 37.1. The summed E-state index contributed by atoms with van der Waals surface area (Å²) in [5, 5.41) is 8.81. The molecule has 1 unspecified atom stereocenters. The van der Waals surface area contributed by atoms with Gasteiger partial charge in [0.05, 0.1) is 4.90 Å². The fraction of sp³-hybridized carbons (Fsp3) is 0.150. The van der Waals surface area contributed by atoms with Crippen molar-refractivity contribution in [2.24, 2.45) is 0 Å². The minimum atomic E-state index is -4.19. The number of carbonyl (C=O) groups is 1. The fourth-order valence-electron chi connectivity index (χ4n) is 2.85. The van der Waals surface area contributed by atoms with Crippen LogP contribution in [0.2, 0.25) is 5.15 Å². The number of hydrogen-bond donors (Lipinski definition) is 4. The Labute approximate surface area is 192 Å². The van der Waals surface area contributed by atoms with Crippen LogP contribution >= 0.6 is 11.6 Å². The molecule has 11 nitrogen and oxygen atoms in total. The lowest BCUT2D eigenvalue weighted by molar-refractivity contribution is -0.131. The number of ether oxygens (including phenoxy) is 1. The molecule has 0 aliphatic carbocycles. The Balaban J connectivity index is 1.75. The van der Waals surface area contributed by atoms with E-state index in [2.05, 4.69) is 4.72 Å². The third-order valence-corrected chi connectivity index (χ3v) is 6.26. The van der Waals surface area contributed by atoms with Crippen LogP contribution < -0.4 is 26.2 Å². The zero-order valence-corrected chi connectivity index (χ0v) is 18.5. The maximum absolute atomic E-state index is 12.8. The van der Waals surface area contributed by atoms with Crippen molar-refractivity contribution in [2.75, 3.05) is 0 Å². The number of halogens is 1. The van der Waals surface area contributed by atoms with Crippen molar-refractivity contribution in [1.29, 1.82) is 0 Å². The summed E-state index contributed by atoms with van der Waals surface area (Å²) in [6, 6.07) is 13.9. The average Bonchev–Trinajstić information content (AvgIpc) is 2.78. The van der Waals surface area contributed by atoms with Gasteiger partial charge in [0.25, 0.3) is 11.5 Å². The maximum atomic E-state index is 12.8. The molecule has 2 aromatic carbocycles. The molecule has 3 aromatic rings. The second kappa shape index (κ2) is 10.4. The number of aromatic nitrogens is 2. The van der Waals surface area contributed by atoms with Crippen LogP contribution in [0.15, 0.2) is 75.1 Å². The predicted octanol–water partition coefficient (Wildman–Crippen LogP) is 1.22. The van der Waals surface area contributed by atoms with E-state index in [9.17, 15) is 22.8 Å². The second-order valence-electron chi connectivity index (χ2n) is 6.74.